The Morgan fingerprint density at radius 2 is 2.32 bits per heavy atom. The van der Waals surface area contributed by atoms with Crippen molar-refractivity contribution >= 4 is 22.9 Å². The lowest BCUT2D eigenvalue weighted by atomic mass is 10.1. The van der Waals surface area contributed by atoms with Crippen molar-refractivity contribution in [3.8, 4) is 0 Å². The van der Waals surface area contributed by atoms with Gasteiger partial charge in [-0.05, 0) is 24.3 Å². The van der Waals surface area contributed by atoms with Crippen LogP contribution in [0, 0.1) is 0 Å². The molecule has 2 aromatic rings. The normalized spacial score (nSPS) is 14.5. The zero-order valence-corrected chi connectivity index (χ0v) is 12.1. The second-order valence-electron chi connectivity index (χ2n) is 4.09. The maximum Gasteiger partial charge on any atom is 0.126 e. The van der Waals surface area contributed by atoms with E-state index in [1.807, 2.05) is 24.3 Å². The highest BCUT2D eigenvalue weighted by Crippen LogP contribution is 2.31. The molecule has 0 aliphatic heterocycles. The smallest absolute Gasteiger partial charge is 0.126 e. The molecule has 2 rings (SSSR count). The molecule has 104 valence electrons. The first-order valence-electron chi connectivity index (χ1n) is 5.89. The van der Waals surface area contributed by atoms with Gasteiger partial charge in [0.25, 0.3) is 0 Å². The zero-order chi connectivity index (χ0) is 13.7. The molecule has 0 fully saturated rings. The predicted molar refractivity (Wildman–Crippen MR) is 75.8 cm³/mol. The average molecular weight is 302 g/mol. The Hall–Kier alpha value is -0.850. The van der Waals surface area contributed by atoms with Crippen LogP contribution < -0.4 is 5.32 Å². The molecule has 2 N–H and O–H groups in total. The summed E-state index contributed by atoms with van der Waals surface area (Å²) >= 11 is 7.47. The quantitative estimate of drug-likeness (QED) is 0.825. The molecular formula is C13H16ClNO3S. The van der Waals surface area contributed by atoms with Crippen LogP contribution in [0.2, 0.25) is 4.34 Å². The van der Waals surface area contributed by atoms with Gasteiger partial charge in [-0.2, -0.15) is 0 Å². The van der Waals surface area contributed by atoms with Crippen LogP contribution in [0.15, 0.2) is 34.9 Å². The van der Waals surface area contributed by atoms with E-state index in [-0.39, 0.29) is 18.7 Å². The van der Waals surface area contributed by atoms with Gasteiger partial charge in [-0.1, -0.05) is 11.6 Å². The monoisotopic (exact) mass is 301 g/mol. The van der Waals surface area contributed by atoms with Gasteiger partial charge in [0.1, 0.15) is 11.8 Å². The zero-order valence-electron chi connectivity index (χ0n) is 10.5. The van der Waals surface area contributed by atoms with Crippen molar-refractivity contribution in [2.45, 2.75) is 12.1 Å². The number of aliphatic hydroxyl groups is 1. The summed E-state index contributed by atoms with van der Waals surface area (Å²) in [4.78, 5) is 1.04. The molecule has 2 heterocycles. The van der Waals surface area contributed by atoms with Crippen molar-refractivity contribution in [1.82, 2.24) is 5.32 Å². The van der Waals surface area contributed by atoms with Crippen molar-refractivity contribution in [2.75, 3.05) is 20.3 Å². The van der Waals surface area contributed by atoms with Crippen LogP contribution in [-0.4, -0.2) is 31.5 Å². The van der Waals surface area contributed by atoms with Crippen LogP contribution in [0.5, 0.6) is 0 Å². The molecule has 0 radical (unpaired) electrons. The molecule has 0 saturated carbocycles. The van der Waals surface area contributed by atoms with E-state index in [4.69, 9.17) is 20.8 Å². The van der Waals surface area contributed by atoms with Crippen molar-refractivity contribution in [1.29, 1.82) is 0 Å². The minimum Gasteiger partial charge on any atom is -0.467 e. The molecule has 6 heteroatoms. The van der Waals surface area contributed by atoms with Gasteiger partial charge in [0.2, 0.25) is 0 Å². The molecule has 0 bridgehead atoms. The standard InChI is InChI=1S/C13H16ClNO3S/c1-17-8-9(7-16)15-13(10-3-2-6-18-10)11-4-5-12(14)19-11/h2-6,9,13,15-16H,7-8H2,1H3. The number of thiophene rings is 1. The fourth-order valence-corrected chi connectivity index (χ4v) is 2.96. The number of hydrogen-bond acceptors (Lipinski definition) is 5. The van der Waals surface area contributed by atoms with Crippen LogP contribution in [0.1, 0.15) is 16.7 Å². The third-order valence-electron chi connectivity index (χ3n) is 2.70. The molecule has 0 aliphatic carbocycles. The lowest BCUT2D eigenvalue weighted by Crippen LogP contribution is -2.39. The van der Waals surface area contributed by atoms with Gasteiger partial charge in [-0.3, -0.25) is 5.32 Å². The van der Waals surface area contributed by atoms with Crippen LogP contribution in [0.3, 0.4) is 0 Å². The number of hydrogen-bond donors (Lipinski definition) is 2. The molecule has 2 aromatic heterocycles. The summed E-state index contributed by atoms with van der Waals surface area (Å²) in [5, 5.41) is 12.7. The number of methoxy groups -OCH3 is 1. The lowest BCUT2D eigenvalue weighted by Gasteiger charge is -2.22. The summed E-state index contributed by atoms with van der Waals surface area (Å²) in [6, 6.07) is 7.23. The summed E-state index contributed by atoms with van der Waals surface area (Å²) in [6.07, 6.45) is 1.63. The molecule has 0 amide bonds. The third kappa shape index (κ3) is 3.81. The van der Waals surface area contributed by atoms with E-state index >= 15 is 0 Å². The average Bonchev–Trinajstić information content (AvgIpc) is 3.06. The van der Waals surface area contributed by atoms with Gasteiger partial charge in [-0.15, -0.1) is 11.3 Å². The number of aliphatic hydroxyl groups excluding tert-OH is 1. The van der Waals surface area contributed by atoms with Crippen LogP contribution in [0.4, 0.5) is 0 Å². The minimum absolute atomic E-state index is 0.00977. The first-order valence-corrected chi connectivity index (χ1v) is 7.08. The van der Waals surface area contributed by atoms with Gasteiger partial charge in [0.15, 0.2) is 0 Å². The van der Waals surface area contributed by atoms with E-state index < -0.39 is 0 Å². The highest BCUT2D eigenvalue weighted by atomic mass is 35.5. The van der Waals surface area contributed by atoms with E-state index in [0.29, 0.717) is 6.61 Å². The Bertz CT molecular complexity index is 486. The van der Waals surface area contributed by atoms with Gasteiger partial charge >= 0.3 is 0 Å². The highest BCUT2D eigenvalue weighted by molar-refractivity contribution is 7.16. The minimum atomic E-state index is -0.166. The first kappa shape index (κ1) is 14.6. The first-order chi connectivity index (χ1) is 9.24. The topological polar surface area (TPSA) is 54.6 Å². The Labute approximate surface area is 121 Å². The van der Waals surface area contributed by atoms with Gasteiger partial charge in [0.05, 0.1) is 29.9 Å². The van der Waals surface area contributed by atoms with E-state index in [2.05, 4.69) is 5.32 Å². The summed E-state index contributed by atoms with van der Waals surface area (Å²) in [5.41, 5.74) is 0. The summed E-state index contributed by atoms with van der Waals surface area (Å²) < 4.78 is 11.3. The molecule has 0 spiro atoms. The second kappa shape index (κ2) is 7.07. The summed E-state index contributed by atoms with van der Waals surface area (Å²) in [6.45, 7) is 0.414. The largest absolute Gasteiger partial charge is 0.467 e. The lowest BCUT2D eigenvalue weighted by molar-refractivity contribution is 0.123. The number of ether oxygens (including phenoxy) is 1. The van der Waals surface area contributed by atoms with Crippen molar-refractivity contribution in [2.24, 2.45) is 0 Å². The number of halogens is 1. The van der Waals surface area contributed by atoms with Gasteiger partial charge in [0, 0.05) is 12.0 Å². The second-order valence-corrected chi connectivity index (χ2v) is 5.84. The SMILES string of the molecule is COCC(CO)NC(c1ccco1)c1ccc(Cl)s1. The Kier molecular flexibility index (Phi) is 5.42. The molecule has 19 heavy (non-hydrogen) atoms. The molecule has 2 atom stereocenters. The van der Waals surface area contributed by atoms with Crippen molar-refractivity contribution < 1.29 is 14.3 Å². The molecule has 0 saturated heterocycles. The highest BCUT2D eigenvalue weighted by Gasteiger charge is 2.22. The van der Waals surface area contributed by atoms with Gasteiger partial charge in [-0.25, -0.2) is 0 Å². The molecular weight excluding hydrogens is 286 g/mol. The van der Waals surface area contributed by atoms with E-state index in [0.717, 1.165) is 15.0 Å². The molecule has 0 aliphatic rings. The Balaban J connectivity index is 2.20. The Morgan fingerprint density at radius 1 is 1.47 bits per heavy atom. The molecule has 0 aromatic carbocycles. The van der Waals surface area contributed by atoms with Crippen molar-refractivity contribution in [3.63, 3.8) is 0 Å². The number of furan rings is 1. The van der Waals surface area contributed by atoms with Crippen molar-refractivity contribution in [3.05, 3.63) is 45.5 Å². The molecule has 2 unspecified atom stereocenters. The third-order valence-corrected chi connectivity index (χ3v) is 3.99. The Morgan fingerprint density at radius 3 is 2.84 bits per heavy atom. The number of rotatable bonds is 7. The van der Waals surface area contributed by atoms with E-state index in [1.54, 1.807) is 13.4 Å². The molecule has 4 nitrogen and oxygen atoms in total. The van der Waals surface area contributed by atoms with Crippen LogP contribution in [-0.2, 0) is 4.74 Å². The predicted octanol–water partition coefficient (Wildman–Crippen LogP) is 2.68. The fourth-order valence-electron chi connectivity index (χ4n) is 1.83. The van der Waals surface area contributed by atoms with E-state index in [9.17, 15) is 5.11 Å². The summed E-state index contributed by atoms with van der Waals surface area (Å²) in [5.74, 6) is 0.785. The van der Waals surface area contributed by atoms with Crippen LogP contribution >= 0.6 is 22.9 Å². The van der Waals surface area contributed by atoms with Gasteiger partial charge < -0.3 is 14.3 Å². The summed E-state index contributed by atoms with van der Waals surface area (Å²) in [7, 11) is 1.61. The number of nitrogens with one attached hydrogen (secondary N) is 1. The maximum absolute atomic E-state index is 9.36. The fraction of sp³-hybridized carbons (Fsp3) is 0.385. The van der Waals surface area contributed by atoms with Crippen LogP contribution in [0.25, 0.3) is 0 Å². The maximum atomic E-state index is 9.36. The van der Waals surface area contributed by atoms with E-state index in [1.165, 1.54) is 11.3 Å².